The van der Waals surface area contributed by atoms with Crippen LogP contribution in [0.1, 0.15) is 5.56 Å². The molecule has 0 heterocycles. The third-order valence-corrected chi connectivity index (χ3v) is 1.70. The van der Waals surface area contributed by atoms with Crippen molar-refractivity contribution in [3.05, 3.63) is 36.4 Å². The van der Waals surface area contributed by atoms with E-state index in [1.165, 1.54) is 0 Å². The van der Waals surface area contributed by atoms with Gasteiger partial charge in [0.1, 0.15) is 5.75 Å². The Morgan fingerprint density at radius 1 is 1.58 bits per heavy atom. The first-order valence-corrected chi connectivity index (χ1v) is 3.82. The van der Waals surface area contributed by atoms with Crippen LogP contribution in [0.3, 0.4) is 0 Å². The number of methoxy groups -OCH3 is 1. The van der Waals surface area contributed by atoms with Gasteiger partial charge in [-0.2, -0.15) is 0 Å². The number of hydrogen-bond donors (Lipinski definition) is 1. The molecule has 0 spiro atoms. The first kappa shape index (κ1) is 8.65. The Morgan fingerprint density at radius 2 is 2.33 bits per heavy atom. The highest BCUT2D eigenvalue weighted by Gasteiger charge is 2.03. The summed E-state index contributed by atoms with van der Waals surface area (Å²) in [6, 6.07) is 5.72. The van der Waals surface area contributed by atoms with Crippen molar-refractivity contribution in [1.29, 1.82) is 0 Å². The number of anilines is 1. The molecule has 1 aromatic carbocycles. The van der Waals surface area contributed by atoms with Gasteiger partial charge in [-0.3, -0.25) is 0 Å². The first-order chi connectivity index (χ1) is 5.79. The Morgan fingerprint density at radius 3 is 2.92 bits per heavy atom. The summed E-state index contributed by atoms with van der Waals surface area (Å²) in [6.45, 7) is 3.66. The van der Waals surface area contributed by atoms with Crippen molar-refractivity contribution in [3.8, 4) is 5.75 Å². The van der Waals surface area contributed by atoms with Crippen molar-refractivity contribution in [2.24, 2.45) is 0 Å². The summed E-state index contributed by atoms with van der Waals surface area (Å²) >= 11 is 0. The van der Waals surface area contributed by atoms with Gasteiger partial charge in [0.2, 0.25) is 0 Å². The molecule has 0 atom stereocenters. The summed E-state index contributed by atoms with van der Waals surface area (Å²) in [5.74, 6) is 0.761. The number of nitrogens with two attached hydrogens (primary N) is 1. The molecule has 0 saturated heterocycles. The minimum atomic E-state index is 0.678. The molecule has 0 aliphatic carbocycles. The van der Waals surface area contributed by atoms with E-state index >= 15 is 0 Å². The number of para-hydroxylation sites is 1. The third-order valence-electron chi connectivity index (χ3n) is 1.70. The zero-order valence-electron chi connectivity index (χ0n) is 7.21. The standard InChI is InChI=1S/C10H13NO/c1-3-5-8-6-4-7-9(11)10(8)12-2/h3-4,6-7H,1,5,11H2,2H3. The molecule has 64 valence electrons. The zero-order valence-corrected chi connectivity index (χ0v) is 7.21. The van der Waals surface area contributed by atoms with E-state index in [2.05, 4.69) is 6.58 Å². The molecule has 0 aromatic heterocycles. The number of hydrogen-bond acceptors (Lipinski definition) is 2. The Labute approximate surface area is 72.7 Å². The molecule has 0 unspecified atom stereocenters. The minimum absolute atomic E-state index is 0.678. The second-order valence-electron chi connectivity index (χ2n) is 2.53. The van der Waals surface area contributed by atoms with Gasteiger partial charge < -0.3 is 10.5 Å². The summed E-state index contributed by atoms with van der Waals surface area (Å²) in [6.07, 6.45) is 2.62. The largest absolute Gasteiger partial charge is 0.494 e. The lowest BCUT2D eigenvalue weighted by Gasteiger charge is -2.08. The van der Waals surface area contributed by atoms with Crippen molar-refractivity contribution in [3.63, 3.8) is 0 Å². The van der Waals surface area contributed by atoms with Gasteiger partial charge in [-0.15, -0.1) is 6.58 Å². The molecule has 0 aliphatic heterocycles. The van der Waals surface area contributed by atoms with Gasteiger partial charge in [0.25, 0.3) is 0 Å². The highest BCUT2D eigenvalue weighted by Crippen LogP contribution is 2.26. The van der Waals surface area contributed by atoms with Crippen LogP contribution in [0, 0.1) is 0 Å². The monoisotopic (exact) mass is 163 g/mol. The van der Waals surface area contributed by atoms with Crippen LogP contribution in [-0.2, 0) is 6.42 Å². The zero-order chi connectivity index (χ0) is 8.97. The fraction of sp³-hybridized carbons (Fsp3) is 0.200. The maximum atomic E-state index is 5.70. The lowest BCUT2D eigenvalue weighted by atomic mass is 10.1. The fourth-order valence-corrected chi connectivity index (χ4v) is 1.17. The van der Waals surface area contributed by atoms with Gasteiger partial charge in [-0.05, 0) is 12.5 Å². The van der Waals surface area contributed by atoms with Crippen LogP contribution in [-0.4, -0.2) is 7.11 Å². The predicted molar refractivity (Wildman–Crippen MR) is 51.3 cm³/mol. The molecule has 0 bridgehead atoms. The first-order valence-electron chi connectivity index (χ1n) is 3.82. The molecular weight excluding hydrogens is 150 g/mol. The molecule has 0 amide bonds. The molecule has 0 aliphatic rings. The molecule has 2 nitrogen and oxygen atoms in total. The van der Waals surface area contributed by atoms with Crippen LogP contribution in [0.2, 0.25) is 0 Å². The molecule has 12 heavy (non-hydrogen) atoms. The SMILES string of the molecule is C=CCc1cccc(N)c1OC. The lowest BCUT2D eigenvalue weighted by molar-refractivity contribution is 0.413. The molecule has 0 radical (unpaired) electrons. The van der Waals surface area contributed by atoms with Gasteiger partial charge >= 0.3 is 0 Å². The third kappa shape index (κ3) is 1.59. The number of ether oxygens (including phenoxy) is 1. The van der Waals surface area contributed by atoms with Crippen LogP contribution in [0.25, 0.3) is 0 Å². The Hall–Kier alpha value is -1.44. The van der Waals surface area contributed by atoms with Crippen LogP contribution in [0.5, 0.6) is 5.75 Å². The number of allylic oxidation sites excluding steroid dienone is 1. The van der Waals surface area contributed by atoms with E-state index in [0.29, 0.717) is 5.69 Å². The average molecular weight is 163 g/mol. The van der Waals surface area contributed by atoms with Crippen molar-refractivity contribution < 1.29 is 4.74 Å². The smallest absolute Gasteiger partial charge is 0.145 e. The van der Waals surface area contributed by atoms with E-state index in [4.69, 9.17) is 10.5 Å². The van der Waals surface area contributed by atoms with E-state index in [-0.39, 0.29) is 0 Å². The summed E-state index contributed by atoms with van der Waals surface area (Å²) in [5.41, 5.74) is 7.46. The van der Waals surface area contributed by atoms with Gasteiger partial charge in [0, 0.05) is 5.56 Å². The van der Waals surface area contributed by atoms with E-state index in [9.17, 15) is 0 Å². The molecule has 0 fully saturated rings. The van der Waals surface area contributed by atoms with Gasteiger partial charge in [0.15, 0.2) is 0 Å². The highest BCUT2D eigenvalue weighted by atomic mass is 16.5. The topological polar surface area (TPSA) is 35.2 Å². The molecule has 1 rings (SSSR count). The lowest BCUT2D eigenvalue weighted by Crippen LogP contribution is -1.96. The second kappa shape index (κ2) is 3.81. The predicted octanol–water partition coefficient (Wildman–Crippen LogP) is 2.01. The van der Waals surface area contributed by atoms with E-state index in [0.717, 1.165) is 17.7 Å². The summed E-state index contributed by atoms with van der Waals surface area (Å²) in [4.78, 5) is 0. The Balaban J connectivity index is 3.08. The quantitative estimate of drug-likeness (QED) is 0.546. The van der Waals surface area contributed by atoms with Crippen LogP contribution in [0.15, 0.2) is 30.9 Å². The van der Waals surface area contributed by atoms with Gasteiger partial charge in [0.05, 0.1) is 12.8 Å². The highest BCUT2D eigenvalue weighted by molar-refractivity contribution is 5.57. The normalized spacial score (nSPS) is 9.42. The van der Waals surface area contributed by atoms with Crippen LogP contribution in [0.4, 0.5) is 5.69 Å². The van der Waals surface area contributed by atoms with E-state index in [1.54, 1.807) is 7.11 Å². The summed E-state index contributed by atoms with van der Waals surface area (Å²) in [7, 11) is 1.62. The average Bonchev–Trinajstić information content (AvgIpc) is 2.05. The fourth-order valence-electron chi connectivity index (χ4n) is 1.17. The second-order valence-corrected chi connectivity index (χ2v) is 2.53. The van der Waals surface area contributed by atoms with Crippen LogP contribution < -0.4 is 10.5 Å². The van der Waals surface area contributed by atoms with Crippen molar-refractivity contribution >= 4 is 5.69 Å². The molecule has 2 N–H and O–H groups in total. The van der Waals surface area contributed by atoms with E-state index < -0.39 is 0 Å². The summed E-state index contributed by atoms with van der Waals surface area (Å²) in [5, 5.41) is 0. The molecule has 1 aromatic rings. The number of rotatable bonds is 3. The van der Waals surface area contributed by atoms with Crippen LogP contribution >= 0.6 is 0 Å². The molecule has 2 heteroatoms. The van der Waals surface area contributed by atoms with Gasteiger partial charge in [-0.25, -0.2) is 0 Å². The number of benzene rings is 1. The van der Waals surface area contributed by atoms with E-state index in [1.807, 2.05) is 24.3 Å². The minimum Gasteiger partial charge on any atom is -0.494 e. The van der Waals surface area contributed by atoms with Crippen molar-refractivity contribution in [2.45, 2.75) is 6.42 Å². The Bertz CT molecular complexity index is 281. The molecular formula is C10H13NO. The summed E-state index contributed by atoms with van der Waals surface area (Å²) < 4.78 is 5.16. The van der Waals surface area contributed by atoms with Gasteiger partial charge in [-0.1, -0.05) is 18.2 Å². The molecule has 0 saturated carbocycles. The van der Waals surface area contributed by atoms with Crippen molar-refractivity contribution in [1.82, 2.24) is 0 Å². The van der Waals surface area contributed by atoms with Crippen molar-refractivity contribution in [2.75, 3.05) is 12.8 Å². The Kier molecular flexibility index (Phi) is 2.75. The number of nitrogen functional groups attached to an aromatic ring is 1. The maximum absolute atomic E-state index is 5.70. The maximum Gasteiger partial charge on any atom is 0.145 e.